The van der Waals surface area contributed by atoms with E-state index in [1.807, 2.05) is 48.5 Å². The Hall–Kier alpha value is -3.21. The summed E-state index contributed by atoms with van der Waals surface area (Å²) in [7, 11) is 0. The average molecular weight is 349 g/mol. The minimum atomic E-state index is -0.409. The Balaban J connectivity index is 1.58. The van der Waals surface area contributed by atoms with Gasteiger partial charge in [-0.25, -0.2) is 0 Å². The predicted octanol–water partition coefficient (Wildman–Crippen LogP) is 4.81. The zero-order valence-corrected chi connectivity index (χ0v) is 14.3. The lowest BCUT2D eigenvalue weighted by Gasteiger charge is -2.07. The number of benzene rings is 3. The Morgan fingerprint density at radius 1 is 0.962 bits per heavy atom. The highest BCUT2D eigenvalue weighted by Crippen LogP contribution is 2.27. The maximum Gasteiger partial charge on any atom is 0.306 e. The molecule has 0 aliphatic carbocycles. The lowest BCUT2D eigenvalue weighted by Crippen LogP contribution is -2.05. The molecule has 0 unspecified atom stereocenters. The standard InChI is InChI=1S/C21H19NO4/c23-21(12-6-9-16-7-2-1-3-8-16)26-15-17-13-18-10-4-5-11-19(18)20(14-17)22(24)25/h1-5,7-8,10-11,13-14H,6,9,12,15H2. The van der Waals surface area contributed by atoms with Crippen LogP contribution in [-0.4, -0.2) is 10.9 Å². The van der Waals surface area contributed by atoms with Gasteiger partial charge in [0.15, 0.2) is 0 Å². The third-order valence-corrected chi connectivity index (χ3v) is 4.19. The summed E-state index contributed by atoms with van der Waals surface area (Å²) in [5.41, 5.74) is 1.83. The number of nitro benzene ring substituents is 1. The number of rotatable bonds is 7. The summed E-state index contributed by atoms with van der Waals surface area (Å²) in [6.07, 6.45) is 1.85. The van der Waals surface area contributed by atoms with Crippen LogP contribution in [0.4, 0.5) is 5.69 Å². The van der Waals surface area contributed by atoms with Gasteiger partial charge >= 0.3 is 5.97 Å². The molecule has 0 aromatic heterocycles. The number of fused-ring (bicyclic) bond motifs is 1. The second-order valence-electron chi connectivity index (χ2n) is 6.09. The highest BCUT2D eigenvalue weighted by atomic mass is 16.6. The van der Waals surface area contributed by atoms with Gasteiger partial charge in [0.2, 0.25) is 0 Å². The van der Waals surface area contributed by atoms with Crippen molar-refractivity contribution < 1.29 is 14.5 Å². The molecule has 5 nitrogen and oxygen atoms in total. The summed E-state index contributed by atoms with van der Waals surface area (Å²) in [6, 6.07) is 20.4. The van der Waals surface area contributed by atoms with Gasteiger partial charge in [0.05, 0.1) is 10.3 Å². The van der Waals surface area contributed by atoms with Crippen molar-refractivity contribution in [1.82, 2.24) is 0 Å². The monoisotopic (exact) mass is 349 g/mol. The average Bonchev–Trinajstić information content (AvgIpc) is 2.66. The maximum atomic E-state index is 11.9. The first-order chi connectivity index (χ1) is 12.6. The minimum absolute atomic E-state index is 0.0261. The molecule has 0 aliphatic rings. The SMILES string of the molecule is O=C(CCCc1ccccc1)OCc1cc([N+](=O)[O-])c2ccccc2c1. The molecule has 3 rings (SSSR count). The van der Waals surface area contributed by atoms with Gasteiger partial charge < -0.3 is 4.74 Å². The van der Waals surface area contributed by atoms with Crippen molar-refractivity contribution in [2.24, 2.45) is 0 Å². The van der Waals surface area contributed by atoms with Crippen LogP contribution in [0.1, 0.15) is 24.0 Å². The second kappa shape index (κ2) is 8.25. The summed E-state index contributed by atoms with van der Waals surface area (Å²) in [5, 5.41) is 12.6. The first-order valence-corrected chi connectivity index (χ1v) is 8.49. The van der Waals surface area contributed by atoms with E-state index in [0.29, 0.717) is 23.8 Å². The minimum Gasteiger partial charge on any atom is -0.461 e. The number of esters is 1. The van der Waals surface area contributed by atoms with E-state index in [1.54, 1.807) is 12.1 Å². The number of hydrogen-bond donors (Lipinski definition) is 0. The quantitative estimate of drug-likeness (QED) is 0.348. The van der Waals surface area contributed by atoms with Crippen LogP contribution in [-0.2, 0) is 22.6 Å². The second-order valence-corrected chi connectivity index (χ2v) is 6.09. The summed E-state index contributed by atoms with van der Waals surface area (Å²) in [6.45, 7) is 0.0375. The van der Waals surface area contributed by atoms with Crippen molar-refractivity contribution in [3.05, 3.63) is 88.0 Å². The van der Waals surface area contributed by atoms with Crippen molar-refractivity contribution in [2.75, 3.05) is 0 Å². The fourth-order valence-corrected chi connectivity index (χ4v) is 2.90. The third kappa shape index (κ3) is 4.45. The van der Waals surface area contributed by atoms with E-state index in [0.717, 1.165) is 11.8 Å². The number of aryl methyl sites for hydroxylation is 1. The first-order valence-electron chi connectivity index (χ1n) is 8.49. The van der Waals surface area contributed by atoms with Gasteiger partial charge in [0, 0.05) is 12.5 Å². The van der Waals surface area contributed by atoms with Crippen LogP contribution in [0.2, 0.25) is 0 Å². The molecule has 0 atom stereocenters. The van der Waals surface area contributed by atoms with Crippen molar-refractivity contribution in [3.63, 3.8) is 0 Å². The number of carbonyl (C=O) groups excluding carboxylic acids is 1. The fourth-order valence-electron chi connectivity index (χ4n) is 2.90. The van der Waals surface area contributed by atoms with Crippen LogP contribution in [0.3, 0.4) is 0 Å². The third-order valence-electron chi connectivity index (χ3n) is 4.19. The van der Waals surface area contributed by atoms with E-state index in [2.05, 4.69) is 0 Å². The fraction of sp³-hybridized carbons (Fsp3) is 0.190. The molecule has 3 aromatic rings. The van der Waals surface area contributed by atoms with Gasteiger partial charge in [-0.1, -0.05) is 48.5 Å². The van der Waals surface area contributed by atoms with E-state index in [4.69, 9.17) is 4.74 Å². The maximum absolute atomic E-state index is 11.9. The Morgan fingerprint density at radius 3 is 2.46 bits per heavy atom. The van der Waals surface area contributed by atoms with Gasteiger partial charge in [-0.2, -0.15) is 0 Å². The van der Waals surface area contributed by atoms with Gasteiger partial charge in [-0.15, -0.1) is 0 Å². The number of nitro groups is 1. The van der Waals surface area contributed by atoms with Crippen LogP contribution in [0, 0.1) is 10.1 Å². The Labute approximate surface area is 151 Å². The van der Waals surface area contributed by atoms with Gasteiger partial charge in [-0.3, -0.25) is 14.9 Å². The van der Waals surface area contributed by atoms with Crippen molar-refractivity contribution in [3.8, 4) is 0 Å². The predicted molar refractivity (Wildman–Crippen MR) is 99.8 cm³/mol. The molecule has 0 spiro atoms. The molecule has 132 valence electrons. The van der Waals surface area contributed by atoms with Crippen molar-refractivity contribution in [2.45, 2.75) is 25.9 Å². The summed E-state index contributed by atoms with van der Waals surface area (Å²) >= 11 is 0. The molecule has 0 saturated heterocycles. The largest absolute Gasteiger partial charge is 0.461 e. The van der Waals surface area contributed by atoms with E-state index >= 15 is 0 Å². The molecular formula is C21H19NO4. The van der Waals surface area contributed by atoms with Crippen LogP contribution in [0.5, 0.6) is 0 Å². The zero-order valence-electron chi connectivity index (χ0n) is 14.3. The molecule has 0 saturated carbocycles. The van der Waals surface area contributed by atoms with Crippen LogP contribution in [0.25, 0.3) is 10.8 Å². The number of hydrogen-bond acceptors (Lipinski definition) is 4. The van der Waals surface area contributed by atoms with Crippen molar-refractivity contribution in [1.29, 1.82) is 0 Å². The highest BCUT2D eigenvalue weighted by molar-refractivity contribution is 5.91. The molecule has 0 fully saturated rings. The van der Waals surface area contributed by atoms with Gasteiger partial charge in [0.25, 0.3) is 5.69 Å². The van der Waals surface area contributed by atoms with E-state index in [-0.39, 0.29) is 18.3 Å². The molecular weight excluding hydrogens is 330 g/mol. The Bertz CT molecular complexity index is 922. The summed E-state index contributed by atoms with van der Waals surface area (Å²) in [4.78, 5) is 22.8. The number of ether oxygens (including phenoxy) is 1. The number of carbonyl (C=O) groups is 1. The van der Waals surface area contributed by atoms with E-state index in [9.17, 15) is 14.9 Å². The van der Waals surface area contributed by atoms with Crippen LogP contribution < -0.4 is 0 Å². The molecule has 0 heterocycles. The van der Waals surface area contributed by atoms with E-state index in [1.165, 1.54) is 11.6 Å². The number of nitrogens with zero attached hydrogens (tertiary/aromatic N) is 1. The first kappa shape index (κ1) is 17.6. The lowest BCUT2D eigenvalue weighted by atomic mass is 10.1. The Kier molecular flexibility index (Phi) is 5.59. The molecule has 0 bridgehead atoms. The van der Waals surface area contributed by atoms with Crippen LogP contribution >= 0.6 is 0 Å². The highest BCUT2D eigenvalue weighted by Gasteiger charge is 2.14. The number of non-ortho nitro benzene ring substituents is 1. The van der Waals surface area contributed by atoms with Crippen molar-refractivity contribution >= 4 is 22.4 Å². The summed E-state index contributed by atoms with van der Waals surface area (Å²) in [5.74, 6) is -0.295. The Morgan fingerprint density at radius 2 is 1.69 bits per heavy atom. The molecule has 0 amide bonds. The smallest absolute Gasteiger partial charge is 0.306 e. The zero-order chi connectivity index (χ0) is 18.4. The molecule has 5 heteroatoms. The van der Waals surface area contributed by atoms with Gasteiger partial charge in [-0.05, 0) is 41.5 Å². The van der Waals surface area contributed by atoms with E-state index < -0.39 is 4.92 Å². The molecule has 0 aliphatic heterocycles. The molecule has 26 heavy (non-hydrogen) atoms. The van der Waals surface area contributed by atoms with Gasteiger partial charge in [0.1, 0.15) is 6.61 Å². The molecule has 0 N–H and O–H groups in total. The summed E-state index contributed by atoms with van der Waals surface area (Å²) < 4.78 is 5.29. The van der Waals surface area contributed by atoms with Crippen LogP contribution in [0.15, 0.2) is 66.7 Å². The topological polar surface area (TPSA) is 69.4 Å². The molecule has 0 radical (unpaired) electrons. The normalized spacial score (nSPS) is 10.6. The lowest BCUT2D eigenvalue weighted by molar-refractivity contribution is -0.383. The molecule has 3 aromatic carbocycles.